The molecule has 4 rings (SSSR count). The van der Waals surface area contributed by atoms with E-state index in [2.05, 4.69) is 15.3 Å². The number of hydrogen-bond donors (Lipinski definition) is 2. The lowest BCUT2D eigenvalue weighted by Crippen LogP contribution is -2.47. The molecule has 2 aliphatic carbocycles. The van der Waals surface area contributed by atoms with Crippen molar-refractivity contribution in [2.24, 2.45) is 11.1 Å². The van der Waals surface area contributed by atoms with Crippen molar-refractivity contribution in [3.05, 3.63) is 48.4 Å². The zero-order chi connectivity index (χ0) is 15.2. The van der Waals surface area contributed by atoms with Crippen molar-refractivity contribution in [1.82, 2.24) is 15.3 Å². The van der Waals surface area contributed by atoms with Crippen LogP contribution in [-0.4, -0.2) is 28.0 Å². The zero-order valence-electron chi connectivity index (χ0n) is 12.2. The summed E-state index contributed by atoms with van der Waals surface area (Å²) in [7, 11) is 0. The van der Waals surface area contributed by atoms with Gasteiger partial charge in [-0.2, -0.15) is 0 Å². The summed E-state index contributed by atoms with van der Waals surface area (Å²) < 4.78 is 0. The van der Waals surface area contributed by atoms with Crippen LogP contribution < -0.4 is 11.1 Å². The van der Waals surface area contributed by atoms with E-state index in [0.717, 1.165) is 30.5 Å². The summed E-state index contributed by atoms with van der Waals surface area (Å²) in [6.07, 6.45) is 6.44. The van der Waals surface area contributed by atoms with E-state index >= 15 is 0 Å². The van der Waals surface area contributed by atoms with E-state index in [4.69, 9.17) is 5.73 Å². The standard InChI is InChI=1S/C17H18N4O/c18-14-10-17(14)8-11(9-17)21-16(22)15-12(4-3-7-20-15)13-5-1-2-6-19-13/h1-7,11,14H,8-10,18H2,(H,21,22). The first-order chi connectivity index (χ1) is 10.7. The molecule has 0 radical (unpaired) electrons. The minimum atomic E-state index is -0.129. The highest BCUT2D eigenvalue weighted by Crippen LogP contribution is 2.59. The zero-order valence-corrected chi connectivity index (χ0v) is 12.2. The maximum Gasteiger partial charge on any atom is 0.270 e. The molecule has 2 aliphatic rings. The molecule has 0 bridgehead atoms. The number of hydrogen-bond acceptors (Lipinski definition) is 4. The summed E-state index contributed by atoms with van der Waals surface area (Å²) in [5.41, 5.74) is 8.21. The summed E-state index contributed by atoms with van der Waals surface area (Å²) in [6.45, 7) is 0. The van der Waals surface area contributed by atoms with Gasteiger partial charge >= 0.3 is 0 Å². The fraction of sp³-hybridized carbons (Fsp3) is 0.353. The number of pyridine rings is 2. The Hall–Kier alpha value is -2.27. The van der Waals surface area contributed by atoms with E-state index in [-0.39, 0.29) is 11.9 Å². The van der Waals surface area contributed by atoms with Crippen molar-refractivity contribution < 1.29 is 4.79 Å². The second kappa shape index (κ2) is 4.88. The van der Waals surface area contributed by atoms with Crippen LogP contribution in [0.25, 0.3) is 11.3 Å². The molecular formula is C17H18N4O. The number of rotatable bonds is 3. The molecule has 2 saturated carbocycles. The minimum absolute atomic E-state index is 0.129. The Bertz CT molecular complexity index is 710. The number of amides is 1. The molecule has 0 aromatic carbocycles. The van der Waals surface area contributed by atoms with Crippen LogP contribution in [-0.2, 0) is 0 Å². The molecule has 1 unspecified atom stereocenters. The molecule has 0 aliphatic heterocycles. The third-order valence-electron chi connectivity index (χ3n) is 4.86. The van der Waals surface area contributed by atoms with Crippen molar-refractivity contribution in [1.29, 1.82) is 0 Å². The lowest BCUT2D eigenvalue weighted by molar-refractivity contribution is 0.0869. The molecule has 112 valence electrons. The molecule has 2 aromatic rings. The van der Waals surface area contributed by atoms with E-state index in [9.17, 15) is 4.79 Å². The molecule has 5 heteroatoms. The summed E-state index contributed by atoms with van der Waals surface area (Å²) in [6, 6.07) is 9.90. The predicted octanol–water partition coefficient (Wildman–Crippen LogP) is 1.75. The van der Waals surface area contributed by atoms with E-state index < -0.39 is 0 Å². The van der Waals surface area contributed by atoms with E-state index in [1.54, 1.807) is 12.4 Å². The summed E-state index contributed by atoms with van der Waals surface area (Å²) >= 11 is 0. The maximum absolute atomic E-state index is 12.5. The largest absolute Gasteiger partial charge is 0.348 e. The quantitative estimate of drug-likeness (QED) is 0.903. The van der Waals surface area contributed by atoms with Crippen LogP contribution in [0.3, 0.4) is 0 Å². The van der Waals surface area contributed by atoms with Gasteiger partial charge in [-0.15, -0.1) is 0 Å². The summed E-state index contributed by atoms with van der Waals surface area (Å²) in [5, 5.41) is 3.07. The second-order valence-corrected chi connectivity index (χ2v) is 6.37. The molecule has 1 amide bonds. The average Bonchev–Trinajstić information content (AvgIpc) is 3.19. The topological polar surface area (TPSA) is 80.9 Å². The summed E-state index contributed by atoms with van der Waals surface area (Å²) in [5.74, 6) is -0.129. The normalized spacial score (nSPS) is 29.0. The van der Waals surface area contributed by atoms with Crippen LogP contribution in [0.4, 0.5) is 0 Å². The number of nitrogens with two attached hydrogens (primary N) is 1. The Kier molecular flexibility index (Phi) is 2.97. The van der Waals surface area contributed by atoms with Crippen LogP contribution in [0.2, 0.25) is 0 Å². The molecule has 3 N–H and O–H groups in total. The molecule has 22 heavy (non-hydrogen) atoms. The van der Waals surface area contributed by atoms with Crippen molar-refractivity contribution in [3.63, 3.8) is 0 Å². The molecule has 2 fully saturated rings. The van der Waals surface area contributed by atoms with Gasteiger partial charge in [0.2, 0.25) is 0 Å². The first-order valence-electron chi connectivity index (χ1n) is 7.61. The highest BCUT2D eigenvalue weighted by Gasteiger charge is 2.60. The smallest absolute Gasteiger partial charge is 0.270 e. The number of nitrogens with one attached hydrogen (secondary N) is 1. The van der Waals surface area contributed by atoms with Gasteiger partial charge in [0.15, 0.2) is 0 Å². The monoisotopic (exact) mass is 294 g/mol. The van der Waals surface area contributed by atoms with Gasteiger partial charge in [-0.3, -0.25) is 14.8 Å². The van der Waals surface area contributed by atoms with Gasteiger partial charge in [0.1, 0.15) is 5.69 Å². The van der Waals surface area contributed by atoms with Crippen molar-refractivity contribution >= 4 is 5.91 Å². The Balaban J connectivity index is 1.52. The minimum Gasteiger partial charge on any atom is -0.348 e. The lowest BCUT2D eigenvalue weighted by Gasteiger charge is -2.36. The summed E-state index contributed by atoms with van der Waals surface area (Å²) in [4.78, 5) is 21.1. The third-order valence-corrected chi connectivity index (χ3v) is 4.86. The van der Waals surface area contributed by atoms with Crippen LogP contribution in [0, 0.1) is 5.41 Å². The first-order valence-corrected chi connectivity index (χ1v) is 7.61. The molecule has 2 aromatic heterocycles. The Morgan fingerprint density at radius 3 is 2.59 bits per heavy atom. The molecular weight excluding hydrogens is 276 g/mol. The van der Waals surface area contributed by atoms with Crippen LogP contribution >= 0.6 is 0 Å². The van der Waals surface area contributed by atoms with E-state index in [1.165, 1.54) is 0 Å². The number of nitrogens with zero attached hydrogens (tertiary/aromatic N) is 2. The van der Waals surface area contributed by atoms with Crippen LogP contribution in [0.5, 0.6) is 0 Å². The SMILES string of the molecule is NC1CC12CC(NC(=O)c1ncccc1-c1ccccn1)C2. The molecule has 2 heterocycles. The van der Waals surface area contributed by atoms with Gasteiger partial charge < -0.3 is 11.1 Å². The average molecular weight is 294 g/mol. The van der Waals surface area contributed by atoms with Gasteiger partial charge in [0.25, 0.3) is 5.91 Å². The van der Waals surface area contributed by atoms with E-state index in [0.29, 0.717) is 17.2 Å². The van der Waals surface area contributed by atoms with Crippen LogP contribution in [0.1, 0.15) is 29.8 Å². The number of aromatic nitrogens is 2. The van der Waals surface area contributed by atoms with Gasteiger partial charge in [-0.1, -0.05) is 6.07 Å². The maximum atomic E-state index is 12.5. The van der Waals surface area contributed by atoms with Crippen molar-refractivity contribution in [2.45, 2.75) is 31.3 Å². The van der Waals surface area contributed by atoms with Crippen molar-refractivity contribution in [3.8, 4) is 11.3 Å². The third kappa shape index (κ3) is 2.18. The second-order valence-electron chi connectivity index (χ2n) is 6.37. The lowest BCUT2D eigenvalue weighted by atomic mass is 9.76. The Morgan fingerprint density at radius 1 is 1.14 bits per heavy atom. The van der Waals surface area contributed by atoms with Gasteiger partial charge in [-0.05, 0) is 48.9 Å². The van der Waals surface area contributed by atoms with E-state index in [1.807, 2.05) is 30.3 Å². The molecule has 5 nitrogen and oxygen atoms in total. The molecule has 1 spiro atoms. The van der Waals surface area contributed by atoms with Crippen LogP contribution in [0.15, 0.2) is 42.7 Å². The predicted molar refractivity (Wildman–Crippen MR) is 83.0 cm³/mol. The highest BCUT2D eigenvalue weighted by molar-refractivity contribution is 5.98. The fourth-order valence-corrected chi connectivity index (χ4v) is 3.44. The highest BCUT2D eigenvalue weighted by atomic mass is 16.2. The van der Waals surface area contributed by atoms with Gasteiger partial charge in [0.05, 0.1) is 5.69 Å². The van der Waals surface area contributed by atoms with Gasteiger partial charge in [0, 0.05) is 30.0 Å². The van der Waals surface area contributed by atoms with Gasteiger partial charge in [-0.25, -0.2) is 0 Å². The molecule has 1 atom stereocenters. The first kappa shape index (κ1) is 13.4. The Labute approximate surface area is 129 Å². The molecule has 0 saturated heterocycles. The fourth-order valence-electron chi connectivity index (χ4n) is 3.44. The van der Waals surface area contributed by atoms with Crippen molar-refractivity contribution in [2.75, 3.05) is 0 Å². The number of carbonyl (C=O) groups excluding carboxylic acids is 1. The number of carbonyl (C=O) groups is 1. The Morgan fingerprint density at radius 2 is 1.91 bits per heavy atom.